The van der Waals surface area contributed by atoms with Crippen LogP contribution in [0.5, 0.6) is 5.75 Å². The van der Waals surface area contributed by atoms with Gasteiger partial charge in [-0.15, -0.1) is 0 Å². The number of methoxy groups -OCH3 is 1. The number of aliphatic hydroxyl groups excluding tert-OH is 1. The maximum absolute atomic E-state index is 13.6. The summed E-state index contributed by atoms with van der Waals surface area (Å²) < 4.78 is 27.7. The summed E-state index contributed by atoms with van der Waals surface area (Å²) in [5.41, 5.74) is 1.65. The van der Waals surface area contributed by atoms with Crippen molar-refractivity contribution in [1.29, 1.82) is 0 Å². The summed E-state index contributed by atoms with van der Waals surface area (Å²) in [6, 6.07) is 11.8. The van der Waals surface area contributed by atoms with Gasteiger partial charge < -0.3 is 28.9 Å². The van der Waals surface area contributed by atoms with Crippen LogP contribution < -0.4 is 4.74 Å². The lowest BCUT2D eigenvalue weighted by Crippen LogP contribution is -2.61. The zero-order chi connectivity index (χ0) is 24.9. The highest BCUT2D eigenvalue weighted by Gasteiger charge is 2.57. The quantitative estimate of drug-likeness (QED) is 0.580. The van der Waals surface area contributed by atoms with E-state index in [1.165, 1.54) is 12.1 Å². The summed E-state index contributed by atoms with van der Waals surface area (Å²) in [6.07, 6.45) is 8.44. The molecule has 1 aliphatic carbocycles. The molecule has 1 atom stereocenters. The number of oxime groups is 1. The average molecular weight is 491 g/mol. The molecule has 1 spiro atoms. The molecule has 3 heterocycles. The summed E-state index contributed by atoms with van der Waals surface area (Å²) in [5, 5.41) is 14.9. The van der Waals surface area contributed by atoms with E-state index in [-0.39, 0.29) is 12.4 Å². The Morgan fingerprint density at radius 3 is 2.64 bits per heavy atom. The van der Waals surface area contributed by atoms with Gasteiger partial charge in [0.25, 0.3) is 5.72 Å². The number of rotatable bonds is 5. The Morgan fingerprint density at radius 1 is 1.19 bits per heavy atom. The van der Waals surface area contributed by atoms with Crippen molar-refractivity contribution in [3.63, 3.8) is 0 Å². The number of imidazole rings is 1. The first-order valence-corrected chi connectivity index (χ1v) is 12.0. The normalized spacial score (nSPS) is 23.1. The minimum Gasteiger partial charge on any atom is -0.495 e. The minimum atomic E-state index is -1.24. The molecule has 2 aliphatic heterocycles. The van der Waals surface area contributed by atoms with Gasteiger partial charge >= 0.3 is 0 Å². The van der Waals surface area contributed by atoms with E-state index in [1.807, 2.05) is 46.9 Å². The number of halogens is 1. The van der Waals surface area contributed by atoms with E-state index in [4.69, 9.17) is 14.3 Å². The van der Waals surface area contributed by atoms with Gasteiger partial charge in [0.2, 0.25) is 5.84 Å². The molecule has 1 aromatic heterocycles. The molecule has 36 heavy (non-hydrogen) atoms. The molecule has 1 saturated heterocycles. The fourth-order valence-electron chi connectivity index (χ4n) is 5.12. The lowest BCUT2D eigenvalue weighted by atomic mass is 9.77. The van der Waals surface area contributed by atoms with Crippen LogP contribution in [0.2, 0.25) is 0 Å². The van der Waals surface area contributed by atoms with E-state index >= 15 is 0 Å². The number of fused-ring (bicyclic) bond motifs is 1. The first-order chi connectivity index (χ1) is 17.4. The molecule has 3 aromatic rings. The van der Waals surface area contributed by atoms with Crippen molar-refractivity contribution < 1.29 is 23.8 Å². The standard InChI is InChI=1S/C27H27FN4O4/c1-18-14-31(17-29-18)22-9-4-19(12-23(22)34-2)13-24-25-30-36-27(16-33,20-5-7-21(28)8-6-20)32(25)15-26(35-24)10-3-11-26/h4-9,12-14,17,33H,3,10-11,15-16H2,1-2H3. The van der Waals surface area contributed by atoms with Crippen molar-refractivity contribution in [2.24, 2.45) is 5.16 Å². The Labute approximate surface area is 208 Å². The van der Waals surface area contributed by atoms with Crippen LogP contribution in [0.15, 0.2) is 65.9 Å². The van der Waals surface area contributed by atoms with E-state index < -0.39 is 11.3 Å². The molecule has 0 radical (unpaired) electrons. The molecular weight excluding hydrogens is 463 g/mol. The summed E-state index contributed by atoms with van der Waals surface area (Å²) in [4.78, 5) is 12.2. The number of benzene rings is 2. The van der Waals surface area contributed by atoms with Gasteiger partial charge in [-0.05, 0) is 74.2 Å². The summed E-state index contributed by atoms with van der Waals surface area (Å²) in [7, 11) is 1.63. The molecule has 0 bridgehead atoms. The van der Waals surface area contributed by atoms with Crippen LogP contribution >= 0.6 is 0 Å². The average Bonchev–Trinajstić information content (AvgIpc) is 3.47. The number of hydrogen-bond acceptors (Lipinski definition) is 7. The third-order valence-electron chi connectivity index (χ3n) is 7.23. The zero-order valence-corrected chi connectivity index (χ0v) is 20.1. The number of hydrogen-bond donors (Lipinski definition) is 1. The van der Waals surface area contributed by atoms with E-state index in [2.05, 4.69) is 10.1 Å². The second-order valence-electron chi connectivity index (χ2n) is 9.54. The van der Waals surface area contributed by atoms with Gasteiger partial charge in [0.15, 0.2) is 5.76 Å². The molecular formula is C27H27FN4O4. The van der Waals surface area contributed by atoms with Crippen LogP contribution in [-0.4, -0.2) is 51.3 Å². The Kier molecular flexibility index (Phi) is 5.26. The maximum atomic E-state index is 13.6. The molecule has 9 heteroatoms. The molecule has 1 saturated carbocycles. The van der Waals surface area contributed by atoms with Crippen molar-refractivity contribution in [3.05, 3.63) is 83.4 Å². The van der Waals surface area contributed by atoms with Crippen molar-refractivity contribution in [2.45, 2.75) is 37.5 Å². The maximum Gasteiger partial charge on any atom is 0.260 e. The fraction of sp³-hybridized carbons (Fsp3) is 0.333. The third kappa shape index (κ3) is 3.53. The van der Waals surface area contributed by atoms with Gasteiger partial charge in [0.05, 0.1) is 31.4 Å². The molecule has 6 rings (SSSR count). The largest absolute Gasteiger partial charge is 0.495 e. The number of ether oxygens (including phenoxy) is 2. The Hall–Kier alpha value is -3.85. The smallest absolute Gasteiger partial charge is 0.260 e. The second-order valence-corrected chi connectivity index (χ2v) is 9.54. The molecule has 2 aromatic carbocycles. The van der Waals surface area contributed by atoms with Gasteiger partial charge in [-0.2, -0.15) is 0 Å². The highest BCUT2D eigenvalue weighted by molar-refractivity contribution is 6.02. The van der Waals surface area contributed by atoms with E-state index in [1.54, 1.807) is 25.6 Å². The van der Waals surface area contributed by atoms with Crippen LogP contribution in [0, 0.1) is 12.7 Å². The van der Waals surface area contributed by atoms with Crippen LogP contribution in [-0.2, 0) is 15.3 Å². The summed E-state index contributed by atoms with van der Waals surface area (Å²) >= 11 is 0. The molecule has 0 amide bonds. The van der Waals surface area contributed by atoms with Crippen LogP contribution in [0.3, 0.4) is 0 Å². The summed E-state index contributed by atoms with van der Waals surface area (Å²) in [5.74, 6) is 1.39. The molecule has 186 valence electrons. The van der Waals surface area contributed by atoms with Crippen molar-refractivity contribution in [2.75, 3.05) is 20.3 Å². The summed E-state index contributed by atoms with van der Waals surface area (Å²) in [6.45, 7) is 2.11. The monoisotopic (exact) mass is 490 g/mol. The lowest BCUT2D eigenvalue weighted by molar-refractivity contribution is -0.171. The number of aryl methyl sites for hydroxylation is 1. The van der Waals surface area contributed by atoms with E-state index in [0.717, 1.165) is 36.2 Å². The highest BCUT2D eigenvalue weighted by atomic mass is 19.1. The third-order valence-corrected chi connectivity index (χ3v) is 7.23. The number of morpholine rings is 1. The molecule has 8 nitrogen and oxygen atoms in total. The van der Waals surface area contributed by atoms with Gasteiger partial charge in [-0.1, -0.05) is 11.2 Å². The fourth-order valence-corrected chi connectivity index (χ4v) is 5.12. The minimum absolute atomic E-state index is 0.345. The Balaban J connectivity index is 1.39. The van der Waals surface area contributed by atoms with Gasteiger partial charge in [0, 0.05) is 11.8 Å². The first-order valence-electron chi connectivity index (χ1n) is 12.0. The molecule has 2 fully saturated rings. The Bertz CT molecular complexity index is 1360. The molecule has 1 N–H and O–H groups in total. The van der Waals surface area contributed by atoms with Gasteiger partial charge in [-0.3, -0.25) is 0 Å². The topological polar surface area (TPSA) is 81.3 Å². The Morgan fingerprint density at radius 2 is 2.00 bits per heavy atom. The van der Waals surface area contributed by atoms with Crippen molar-refractivity contribution >= 4 is 11.9 Å². The first kappa shape index (κ1) is 22.6. The van der Waals surface area contributed by atoms with E-state index in [9.17, 15) is 9.50 Å². The highest BCUT2D eigenvalue weighted by Crippen LogP contribution is 2.48. The lowest BCUT2D eigenvalue weighted by Gasteiger charge is -2.51. The van der Waals surface area contributed by atoms with Gasteiger partial charge in [0.1, 0.15) is 23.8 Å². The zero-order valence-electron chi connectivity index (χ0n) is 20.1. The predicted octanol–water partition coefficient (Wildman–Crippen LogP) is 4.11. The van der Waals surface area contributed by atoms with Crippen LogP contribution in [0.25, 0.3) is 11.8 Å². The number of nitrogens with zero attached hydrogens (tertiary/aromatic N) is 4. The molecule has 3 aliphatic rings. The SMILES string of the molecule is COc1cc(C=C2OC3(CCC3)CN3C2=NOC3(CO)c2ccc(F)cc2)ccc1-n1cnc(C)c1. The van der Waals surface area contributed by atoms with Gasteiger partial charge in [-0.25, -0.2) is 9.37 Å². The van der Waals surface area contributed by atoms with Crippen molar-refractivity contribution in [3.8, 4) is 11.4 Å². The molecule has 1 unspecified atom stereocenters. The van der Waals surface area contributed by atoms with Crippen molar-refractivity contribution in [1.82, 2.24) is 14.5 Å². The number of amidine groups is 1. The number of aliphatic hydroxyl groups is 1. The van der Waals surface area contributed by atoms with E-state index in [0.29, 0.717) is 29.5 Å². The predicted molar refractivity (Wildman–Crippen MR) is 131 cm³/mol. The van der Waals surface area contributed by atoms with Crippen LogP contribution in [0.4, 0.5) is 4.39 Å². The van der Waals surface area contributed by atoms with Crippen LogP contribution in [0.1, 0.15) is 36.1 Å². The number of aromatic nitrogens is 2. The second kappa shape index (κ2) is 8.37.